The molecule has 1 N–H and O–H groups in total. The number of amides is 2. The van der Waals surface area contributed by atoms with Gasteiger partial charge in [0.05, 0.1) is 5.57 Å². The van der Waals surface area contributed by atoms with Crippen LogP contribution < -0.4 is 10.2 Å². The molecule has 0 aromatic heterocycles. The molecule has 0 bridgehead atoms. The van der Waals surface area contributed by atoms with E-state index in [9.17, 15) is 14.0 Å². The zero-order chi connectivity index (χ0) is 19.7. The molecule has 0 spiro atoms. The maximum absolute atomic E-state index is 13.3. The summed E-state index contributed by atoms with van der Waals surface area (Å²) in [7, 11) is 0. The van der Waals surface area contributed by atoms with E-state index >= 15 is 0 Å². The average molecular weight is 379 g/mol. The van der Waals surface area contributed by atoms with Crippen LogP contribution in [0.5, 0.6) is 0 Å². The van der Waals surface area contributed by atoms with Crippen LogP contribution in [-0.2, 0) is 9.59 Å². The van der Waals surface area contributed by atoms with Gasteiger partial charge in [-0.05, 0) is 61.7 Å². The lowest BCUT2D eigenvalue weighted by Gasteiger charge is -2.18. The summed E-state index contributed by atoms with van der Waals surface area (Å²) < 4.78 is 13.3. The van der Waals surface area contributed by atoms with Gasteiger partial charge in [0.2, 0.25) is 0 Å². The van der Waals surface area contributed by atoms with Gasteiger partial charge in [0.25, 0.3) is 11.8 Å². The van der Waals surface area contributed by atoms with Crippen molar-refractivity contribution in [3.63, 3.8) is 0 Å². The van der Waals surface area contributed by atoms with Crippen molar-refractivity contribution in [1.82, 2.24) is 4.90 Å². The number of nitrogens with zero attached hydrogens (tertiary/aromatic N) is 2. The summed E-state index contributed by atoms with van der Waals surface area (Å²) in [6.07, 6.45) is 2.41. The summed E-state index contributed by atoms with van der Waals surface area (Å²) in [5.41, 5.74) is 2.91. The fourth-order valence-electron chi connectivity index (χ4n) is 3.74. The Kier molecular flexibility index (Phi) is 4.86. The van der Waals surface area contributed by atoms with Gasteiger partial charge < -0.3 is 10.2 Å². The van der Waals surface area contributed by atoms with Crippen molar-refractivity contribution < 1.29 is 14.0 Å². The van der Waals surface area contributed by atoms with Gasteiger partial charge in [-0.2, -0.15) is 0 Å². The molecular formula is C22H22FN3O2. The molecule has 0 atom stereocenters. The Morgan fingerprint density at radius 3 is 2.18 bits per heavy atom. The fraction of sp³-hybridized carbons (Fsp3) is 0.273. The molecule has 2 aromatic carbocycles. The zero-order valence-electron chi connectivity index (χ0n) is 15.7. The van der Waals surface area contributed by atoms with Gasteiger partial charge in [0.15, 0.2) is 0 Å². The van der Waals surface area contributed by atoms with Crippen molar-refractivity contribution >= 4 is 28.8 Å². The van der Waals surface area contributed by atoms with Crippen molar-refractivity contribution in [3.8, 4) is 0 Å². The molecule has 1 fully saturated rings. The molecule has 2 heterocycles. The summed E-state index contributed by atoms with van der Waals surface area (Å²) in [4.78, 5) is 29.1. The first-order valence-corrected chi connectivity index (χ1v) is 9.57. The van der Waals surface area contributed by atoms with E-state index in [1.165, 1.54) is 42.0 Å². The number of hydrogen-bond donors (Lipinski definition) is 1. The Morgan fingerprint density at radius 1 is 0.929 bits per heavy atom. The second kappa shape index (κ2) is 7.46. The number of rotatable bonds is 5. The van der Waals surface area contributed by atoms with Crippen LogP contribution in [0.15, 0.2) is 54.2 Å². The molecular weight excluding hydrogens is 357 g/mol. The lowest BCUT2D eigenvalue weighted by atomic mass is 10.0. The van der Waals surface area contributed by atoms with E-state index in [0.29, 0.717) is 5.56 Å². The number of hydrogen-bond acceptors (Lipinski definition) is 4. The molecule has 2 amide bonds. The second-order valence-corrected chi connectivity index (χ2v) is 6.98. The number of benzene rings is 2. The smallest absolute Gasteiger partial charge is 0.278 e. The number of anilines is 2. The first-order valence-electron chi connectivity index (χ1n) is 9.57. The van der Waals surface area contributed by atoms with Crippen molar-refractivity contribution in [2.45, 2.75) is 19.8 Å². The van der Waals surface area contributed by atoms with Gasteiger partial charge in [-0.3, -0.25) is 14.5 Å². The molecule has 0 unspecified atom stereocenters. The predicted molar refractivity (Wildman–Crippen MR) is 107 cm³/mol. The van der Waals surface area contributed by atoms with Gasteiger partial charge in [0, 0.05) is 31.0 Å². The lowest BCUT2D eigenvalue weighted by molar-refractivity contribution is -0.136. The Balaban J connectivity index is 1.66. The molecule has 1 saturated heterocycles. The highest BCUT2D eigenvalue weighted by Crippen LogP contribution is 2.31. The van der Waals surface area contributed by atoms with Gasteiger partial charge in [0.1, 0.15) is 11.5 Å². The molecule has 2 aromatic rings. The van der Waals surface area contributed by atoms with E-state index in [2.05, 4.69) is 10.2 Å². The van der Waals surface area contributed by atoms with Gasteiger partial charge in [-0.1, -0.05) is 12.1 Å². The third kappa shape index (κ3) is 3.26. The number of nitrogens with one attached hydrogen (secondary N) is 1. The summed E-state index contributed by atoms with van der Waals surface area (Å²) >= 11 is 0. The molecule has 28 heavy (non-hydrogen) atoms. The van der Waals surface area contributed by atoms with Crippen LogP contribution in [-0.4, -0.2) is 36.3 Å². The minimum atomic E-state index is -0.388. The highest BCUT2D eigenvalue weighted by atomic mass is 19.1. The van der Waals surface area contributed by atoms with Crippen molar-refractivity contribution in [1.29, 1.82) is 0 Å². The number of carbonyl (C=O) groups is 2. The molecule has 0 aliphatic carbocycles. The molecule has 6 heteroatoms. The highest BCUT2D eigenvalue weighted by Gasteiger charge is 2.38. The summed E-state index contributed by atoms with van der Waals surface area (Å²) in [6.45, 7) is 4.16. The Bertz CT molecular complexity index is 929. The zero-order valence-corrected chi connectivity index (χ0v) is 15.7. The van der Waals surface area contributed by atoms with Crippen LogP contribution in [0.3, 0.4) is 0 Å². The molecule has 2 aliphatic rings. The summed E-state index contributed by atoms with van der Waals surface area (Å²) in [5, 5.41) is 3.12. The van der Waals surface area contributed by atoms with Gasteiger partial charge in [-0.25, -0.2) is 4.39 Å². The van der Waals surface area contributed by atoms with E-state index < -0.39 is 0 Å². The van der Waals surface area contributed by atoms with Crippen LogP contribution in [0.4, 0.5) is 15.8 Å². The quantitative estimate of drug-likeness (QED) is 0.806. The fourth-order valence-corrected chi connectivity index (χ4v) is 3.74. The highest BCUT2D eigenvalue weighted by molar-refractivity contribution is 6.36. The Labute approximate surface area is 163 Å². The minimum Gasteiger partial charge on any atom is -0.372 e. The van der Waals surface area contributed by atoms with Crippen LogP contribution in [0.1, 0.15) is 25.3 Å². The average Bonchev–Trinajstić information content (AvgIpc) is 3.31. The molecule has 0 saturated carbocycles. The molecule has 0 radical (unpaired) electrons. The van der Waals surface area contributed by atoms with E-state index in [1.807, 2.05) is 24.3 Å². The normalized spacial score (nSPS) is 17.1. The second-order valence-electron chi connectivity index (χ2n) is 6.98. The number of carbonyl (C=O) groups excluding carboxylic acids is 2. The Morgan fingerprint density at radius 2 is 1.57 bits per heavy atom. The summed E-state index contributed by atoms with van der Waals surface area (Å²) in [5.74, 6) is -1.12. The van der Waals surface area contributed by atoms with Gasteiger partial charge in [-0.15, -0.1) is 0 Å². The lowest BCUT2D eigenvalue weighted by Crippen LogP contribution is -2.32. The number of halogens is 1. The van der Waals surface area contributed by atoms with Crippen LogP contribution in [0.25, 0.3) is 5.57 Å². The number of imide groups is 1. The van der Waals surface area contributed by atoms with Crippen LogP contribution in [0, 0.1) is 5.82 Å². The molecule has 144 valence electrons. The van der Waals surface area contributed by atoms with Crippen LogP contribution in [0.2, 0.25) is 0 Å². The van der Waals surface area contributed by atoms with E-state index in [-0.39, 0.29) is 35.4 Å². The maximum atomic E-state index is 13.3. The first kappa shape index (κ1) is 18.2. The van der Waals surface area contributed by atoms with Crippen molar-refractivity contribution in [2.75, 3.05) is 29.9 Å². The van der Waals surface area contributed by atoms with Crippen molar-refractivity contribution in [2.24, 2.45) is 0 Å². The Hall–Kier alpha value is -3.15. The first-order chi connectivity index (χ1) is 13.6. The standard InChI is InChI=1S/C22H22FN3O2/c1-2-26-21(27)19(15-5-7-16(23)8-6-15)20(22(26)28)24-17-9-11-18(12-10-17)25-13-3-4-14-25/h5-12,24H,2-4,13-14H2,1H3. The minimum absolute atomic E-state index is 0.229. The third-order valence-electron chi connectivity index (χ3n) is 5.23. The maximum Gasteiger partial charge on any atom is 0.278 e. The van der Waals surface area contributed by atoms with E-state index in [4.69, 9.17) is 0 Å². The van der Waals surface area contributed by atoms with Crippen LogP contribution >= 0.6 is 0 Å². The molecule has 2 aliphatic heterocycles. The monoisotopic (exact) mass is 379 g/mol. The predicted octanol–water partition coefficient (Wildman–Crippen LogP) is 3.64. The topological polar surface area (TPSA) is 52.7 Å². The number of likely N-dealkylation sites (N-methyl/N-ethyl adjacent to an activating group) is 1. The van der Waals surface area contributed by atoms with Crippen molar-refractivity contribution in [3.05, 3.63) is 65.6 Å². The van der Waals surface area contributed by atoms with Gasteiger partial charge >= 0.3 is 0 Å². The largest absolute Gasteiger partial charge is 0.372 e. The molecule has 4 rings (SSSR count). The van der Waals surface area contributed by atoms with E-state index in [0.717, 1.165) is 24.5 Å². The SMILES string of the molecule is CCN1C(=O)C(Nc2ccc(N3CCCC3)cc2)=C(c2ccc(F)cc2)C1=O. The molecule has 5 nitrogen and oxygen atoms in total. The summed E-state index contributed by atoms with van der Waals surface area (Å²) in [6, 6.07) is 13.5. The van der Waals surface area contributed by atoms with E-state index in [1.54, 1.807) is 6.92 Å². The third-order valence-corrected chi connectivity index (χ3v) is 5.23.